The standard InChI is InChI=1S/C20H15BrClNO3S/c21-13-7-5-12(6-8-13)15(14-3-1-2-4-17(14)22)9-19(24)23-18-11-27-10-16(18)20(25)26/h1-8,10-11,15H,9H2,(H,23,24)(H,25,26). The first kappa shape index (κ1) is 19.6. The SMILES string of the molecule is O=C(CC(c1ccc(Br)cc1)c1ccccc1Cl)Nc1cscc1C(=O)O. The molecule has 3 rings (SSSR count). The maximum Gasteiger partial charge on any atom is 0.338 e. The van der Waals surface area contributed by atoms with Crippen molar-refractivity contribution in [2.24, 2.45) is 0 Å². The number of nitrogens with one attached hydrogen (secondary N) is 1. The highest BCUT2D eigenvalue weighted by atomic mass is 79.9. The maximum atomic E-state index is 12.7. The van der Waals surface area contributed by atoms with Crippen LogP contribution in [0.4, 0.5) is 5.69 Å². The van der Waals surface area contributed by atoms with Gasteiger partial charge in [-0.15, -0.1) is 11.3 Å². The molecule has 1 amide bonds. The Hall–Kier alpha value is -2.15. The highest BCUT2D eigenvalue weighted by Gasteiger charge is 2.22. The van der Waals surface area contributed by atoms with Crippen molar-refractivity contribution in [1.29, 1.82) is 0 Å². The number of hydrogen-bond acceptors (Lipinski definition) is 3. The van der Waals surface area contributed by atoms with Gasteiger partial charge in [0.2, 0.25) is 5.91 Å². The van der Waals surface area contributed by atoms with Crippen LogP contribution in [0.1, 0.15) is 33.8 Å². The van der Waals surface area contributed by atoms with Gasteiger partial charge in [0.15, 0.2) is 0 Å². The second-order valence-electron chi connectivity index (χ2n) is 5.88. The normalized spacial score (nSPS) is 11.8. The van der Waals surface area contributed by atoms with E-state index in [1.807, 2.05) is 42.5 Å². The third-order valence-electron chi connectivity index (χ3n) is 4.11. The van der Waals surface area contributed by atoms with E-state index in [9.17, 15) is 14.7 Å². The Morgan fingerprint density at radius 3 is 2.48 bits per heavy atom. The van der Waals surface area contributed by atoms with Gasteiger partial charge in [-0.05, 0) is 29.3 Å². The molecule has 0 saturated carbocycles. The van der Waals surface area contributed by atoms with Crippen LogP contribution < -0.4 is 5.32 Å². The summed E-state index contributed by atoms with van der Waals surface area (Å²) >= 11 is 11.0. The lowest BCUT2D eigenvalue weighted by atomic mass is 9.88. The Bertz CT molecular complexity index is 971. The topological polar surface area (TPSA) is 66.4 Å². The number of anilines is 1. The van der Waals surface area contributed by atoms with Gasteiger partial charge in [0.05, 0.1) is 11.3 Å². The van der Waals surface area contributed by atoms with Crippen LogP contribution in [0, 0.1) is 0 Å². The Balaban J connectivity index is 1.88. The van der Waals surface area contributed by atoms with Crippen molar-refractivity contribution >= 4 is 56.4 Å². The number of thiophene rings is 1. The smallest absolute Gasteiger partial charge is 0.338 e. The van der Waals surface area contributed by atoms with Gasteiger partial charge in [-0.3, -0.25) is 4.79 Å². The zero-order valence-corrected chi connectivity index (χ0v) is 17.1. The van der Waals surface area contributed by atoms with Gasteiger partial charge in [-0.25, -0.2) is 4.79 Å². The molecular weight excluding hydrogens is 450 g/mol. The van der Waals surface area contributed by atoms with Crippen LogP contribution in [-0.2, 0) is 4.79 Å². The quantitative estimate of drug-likeness (QED) is 0.468. The van der Waals surface area contributed by atoms with E-state index in [2.05, 4.69) is 21.2 Å². The molecule has 0 aliphatic heterocycles. The second-order valence-corrected chi connectivity index (χ2v) is 7.95. The zero-order chi connectivity index (χ0) is 19.4. The van der Waals surface area contributed by atoms with E-state index in [-0.39, 0.29) is 23.8 Å². The van der Waals surface area contributed by atoms with E-state index < -0.39 is 5.97 Å². The summed E-state index contributed by atoms with van der Waals surface area (Å²) in [5.74, 6) is -1.59. The number of hydrogen-bond donors (Lipinski definition) is 2. The van der Waals surface area contributed by atoms with Crippen molar-refractivity contribution in [1.82, 2.24) is 0 Å². The molecule has 1 unspecified atom stereocenters. The fourth-order valence-corrected chi connectivity index (χ4v) is 4.09. The fourth-order valence-electron chi connectivity index (χ4n) is 2.81. The van der Waals surface area contributed by atoms with Crippen molar-refractivity contribution in [3.8, 4) is 0 Å². The molecule has 1 heterocycles. The largest absolute Gasteiger partial charge is 0.478 e. The number of carboxylic acid groups (broad SMARTS) is 1. The third-order valence-corrected chi connectivity index (χ3v) is 5.73. The van der Waals surface area contributed by atoms with Crippen LogP contribution >= 0.6 is 38.9 Å². The zero-order valence-electron chi connectivity index (χ0n) is 14.0. The molecule has 0 fully saturated rings. The van der Waals surface area contributed by atoms with E-state index in [1.54, 1.807) is 11.4 Å². The lowest BCUT2D eigenvalue weighted by molar-refractivity contribution is -0.116. The van der Waals surface area contributed by atoms with E-state index in [0.29, 0.717) is 10.7 Å². The van der Waals surface area contributed by atoms with Crippen LogP contribution in [0.5, 0.6) is 0 Å². The first-order valence-electron chi connectivity index (χ1n) is 8.05. The number of aromatic carboxylic acids is 1. The van der Waals surface area contributed by atoms with Crippen LogP contribution in [0.3, 0.4) is 0 Å². The van der Waals surface area contributed by atoms with E-state index >= 15 is 0 Å². The molecule has 1 atom stereocenters. The van der Waals surface area contributed by atoms with E-state index in [1.165, 1.54) is 16.7 Å². The highest BCUT2D eigenvalue weighted by Crippen LogP contribution is 2.34. The fraction of sp³-hybridized carbons (Fsp3) is 0.100. The molecule has 0 saturated heterocycles. The molecule has 138 valence electrons. The number of benzene rings is 2. The number of halogens is 2. The van der Waals surface area contributed by atoms with Crippen molar-refractivity contribution < 1.29 is 14.7 Å². The molecule has 27 heavy (non-hydrogen) atoms. The van der Waals surface area contributed by atoms with Crippen LogP contribution in [0.15, 0.2) is 63.8 Å². The summed E-state index contributed by atoms with van der Waals surface area (Å²) < 4.78 is 0.943. The Kier molecular flexibility index (Phi) is 6.31. The molecule has 2 N–H and O–H groups in total. The average molecular weight is 465 g/mol. The number of rotatable bonds is 6. The molecule has 1 aromatic heterocycles. The van der Waals surface area contributed by atoms with Gasteiger partial charge in [0, 0.05) is 32.6 Å². The second kappa shape index (κ2) is 8.69. The summed E-state index contributed by atoms with van der Waals surface area (Å²) in [7, 11) is 0. The predicted molar refractivity (Wildman–Crippen MR) is 112 cm³/mol. The molecule has 0 radical (unpaired) electrons. The Morgan fingerprint density at radius 1 is 1.11 bits per heavy atom. The Morgan fingerprint density at radius 2 is 1.81 bits per heavy atom. The van der Waals surface area contributed by atoms with Crippen molar-refractivity contribution in [2.45, 2.75) is 12.3 Å². The van der Waals surface area contributed by atoms with E-state index in [4.69, 9.17) is 11.6 Å². The minimum Gasteiger partial charge on any atom is -0.478 e. The lowest BCUT2D eigenvalue weighted by Crippen LogP contribution is -2.17. The monoisotopic (exact) mass is 463 g/mol. The van der Waals surface area contributed by atoms with E-state index in [0.717, 1.165) is 15.6 Å². The molecule has 3 aromatic rings. The van der Waals surface area contributed by atoms with Gasteiger partial charge in [0.1, 0.15) is 0 Å². The molecule has 0 bridgehead atoms. The van der Waals surface area contributed by atoms with Crippen LogP contribution in [0.25, 0.3) is 0 Å². The van der Waals surface area contributed by atoms with Gasteiger partial charge < -0.3 is 10.4 Å². The third kappa shape index (κ3) is 4.77. The van der Waals surface area contributed by atoms with Crippen molar-refractivity contribution in [3.05, 3.63) is 85.5 Å². The highest BCUT2D eigenvalue weighted by molar-refractivity contribution is 9.10. The number of carbonyl (C=O) groups is 2. The predicted octanol–water partition coefficient (Wildman–Crippen LogP) is 6.02. The van der Waals surface area contributed by atoms with Crippen LogP contribution in [0.2, 0.25) is 5.02 Å². The van der Waals surface area contributed by atoms with Gasteiger partial charge >= 0.3 is 5.97 Å². The minimum atomic E-state index is -1.07. The molecule has 7 heteroatoms. The molecule has 4 nitrogen and oxygen atoms in total. The number of carboxylic acids is 1. The average Bonchev–Trinajstić information content (AvgIpc) is 3.09. The van der Waals surface area contributed by atoms with Gasteiger partial charge in [-0.1, -0.05) is 57.9 Å². The summed E-state index contributed by atoms with van der Waals surface area (Å²) in [5.41, 5.74) is 2.20. The summed E-state index contributed by atoms with van der Waals surface area (Å²) in [5, 5.41) is 15.6. The molecule has 0 aliphatic carbocycles. The summed E-state index contributed by atoms with van der Waals surface area (Å²) in [4.78, 5) is 23.9. The van der Waals surface area contributed by atoms with Gasteiger partial charge in [-0.2, -0.15) is 0 Å². The molecule has 0 spiro atoms. The lowest BCUT2D eigenvalue weighted by Gasteiger charge is -2.19. The number of carbonyl (C=O) groups excluding carboxylic acids is 1. The van der Waals surface area contributed by atoms with Crippen molar-refractivity contribution in [2.75, 3.05) is 5.32 Å². The maximum absolute atomic E-state index is 12.7. The van der Waals surface area contributed by atoms with Crippen LogP contribution in [-0.4, -0.2) is 17.0 Å². The first-order chi connectivity index (χ1) is 13.0. The molecule has 0 aliphatic rings. The summed E-state index contributed by atoms with van der Waals surface area (Å²) in [6, 6.07) is 15.1. The molecular formula is C20H15BrClNO3S. The first-order valence-corrected chi connectivity index (χ1v) is 10.2. The van der Waals surface area contributed by atoms with Gasteiger partial charge in [0.25, 0.3) is 0 Å². The minimum absolute atomic E-state index is 0.0892. The number of amides is 1. The van der Waals surface area contributed by atoms with Crippen molar-refractivity contribution in [3.63, 3.8) is 0 Å². The summed E-state index contributed by atoms with van der Waals surface area (Å²) in [6.07, 6.45) is 0.139. The molecule has 2 aromatic carbocycles. The summed E-state index contributed by atoms with van der Waals surface area (Å²) in [6.45, 7) is 0. The Labute approximate surface area is 173 Å².